The highest BCUT2D eigenvalue weighted by atomic mass is 16.7. The Morgan fingerprint density at radius 2 is 1.97 bits per heavy atom. The summed E-state index contributed by atoms with van der Waals surface area (Å²) in [6, 6.07) is 13.4. The lowest BCUT2D eigenvalue weighted by Gasteiger charge is -2.16. The first-order valence-electron chi connectivity index (χ1n) is 10.4. The van der Waals surface area contributed by atoms with Crippen LogP contribution in [0.5, 0.6) is 17.2 Å². The first-order chi connectivity index (χ1) is 15.2. The molecule has 2 aromatic carbocycles. The largest absolute Gasteiger partial charge is 0.494 e. The third-order valence-electron chi connectivity index (χ3n) is 5.41. The van der Waals surface area contributed by atoms with Gasteiger partial charge in [-0.15, -0.1) is 0 Å². The van der Waals surface area contributed by atoms with Crippen molar-refractivity contribution < 1.29 is 23.5 Å². The van der Waals surface area contributed by atoms with Crippen molar-refractivity contribution in [1.82, 2.24) is 15.0 Å². The second-order valence-corrected chi connectivity index (χ2v) is 7.69. The molecule has 0 radical (unpaired) electrons. The summed E-state index contributed by atoms with van der Waals surface area (Å²) in [6.07, 6.45) is 1.34. The minimum atomic E-state index is -0.0915. The number of nitrogens with zero attached hydrogens (tertiary/aromatic N) is 3. The van der Waals surface area contributed by atoms with Gasteiger partial charge in [-0.3, -0.25) is 4.79 Å². The smallest absolute Gasteiger partial charge is 0.258 e. The van der Waals surface area contributed by atoms with Crippen LogP contribution in [0.2, 0.25) is 0 Å². The molecule has 2 aliphatic rings. The van der Waals surface area contributed by atoms with Crippen molar-refractivity contribution in [2.45, 2.75) is 32.2 Å². The molecule has 2 aliphatic heterocycles. The maximum Gasteiger partial charge on any atom is 0.258 e. The van der Waals surface area contributed by atoms with E-state index in [1.54, 1.807) is 0 Å². The Balaban J connectivity index is 1.24. The van der Waals surface area contributed by atoms with E-state index in [1.807, 2.05) is 47.4 Å². The van der Waals surface area contributed by atoms with Gasteiger partial charge < -0.3 is 23.6 Å². The van der Waals surface area contributed by atoms with Gasteiger partial charge in [0.1, 0.15) is 5.75 Å². The number of fused-ring (bicyclic) bond motifs is 1. The topological polar surface area (TPSA) is 86.9 Å². The zero-order chi connectivity index (χ0) is 21.2. The highest BCUT2D eigenvalue weighted by molar-refractivity contribution is 5.79. The molecule has 0 saturated carbocycles. The van der Waals surface area contributed by atoms with Gasteiger partial charge in [0.25, 0.3) is 5.89 Å². The first kappa shape index (κ1) is 19.4. The van der Waals surface area contributed by atoms with Crippen molar-refractivity contribution in [3.63, 3.8) is 0 Å². The van der Waals surface area contributed by atoms with E-state index < -0.39 is 0 Å². The van der Waals surface area contributed by atoms with Crippen molar-refractivity contribution in [2.24, 2.45) is 0 Å². The zero-order valence-electron chi connectivity index (χ0n) is 17.2. The van der Waals surface area contributed by atoms with E-state index in [-0.39, 0.29) is 18.6 Å². The van der Waals surface area contributed by atoms with Crippen molar-refractivity contribution in [3.05, 3.63) is 53.9 Å². The highest BCUT2D eigenvalue weighted by Gasteiger charge is 2.34. The van der Waals surface area contributed by atoms with Crippen molar-refractivity contribution in [3.8, 4) is 28.7 Å². The van der Waals surface area contributed by atoms with Crippen LogP contribution in [-0.2, 0) is 11.3 Å². The summed E-state index contributed by atoms with van der Waals surface area (Å²) in [5.41, 5.74) is 1.82. The Morgan fingerprint density at radius 3 is 2.81 bits per heavy atom. The van der Waals surface area contributed by atoms with E-state index in [9.17, 15) is 4.79 Å². The van der Waals surface area contributed by atoms with Crippen LogP contribution in [0.1, 0.15) is 37.1 Å². The van der Waals surface area contributed by atoms with Crippen molar-refractivity contribution in [1.29, 1.82) is 0 Å². The average molecular weight is 421 g/mol. The Hall–Kier alpha value is -3.55. The van der Waals surface area contributed by atoms with Crippen LogP contribution in [0.4, 0.5) is 0 Å². The molecule has 5 rings (SSSR count). The van der Waals surface area contributed by atoms with Crippen molar-refractivity contribution >= 4 is 5.91 Å². The van der Waals surface area contributed by atoms with E-state index in [4.69, 9.17) is 18.7 Å². The first-order valence-corrected chi connectivity index (χ1v) is 10.4. The number of hydrogen-bond donors (Lipinski definition) is 0. The molecule has 1 atom stereocenters. The third-order valence-corrected chi connectivity index (χ3v) is 5.41. The Labute approximate surface area is 179 Å². The number of likely N-dealkylation sites (tertiary alicyclic amines) is 1. The monoisotopic (exact) mass is 421 g/mol. The lowest BCUT2D eigenvalue weighted by Crippen LogP contribution is -2.24. The summed E-state index contributed by atoms with van der Waals surface area (Å²) >= 11 is 0. The van der Waals surface area contributed by atoms with E-state index in [0.717, 1.165) is 23.3 Å². The minimum Gasteiger partial charge on any atom is -0.494 e. The Morgan fingerprint density at radius 1 is 1.13 bits per heavy atom. The van der Waals surface area contributed by atoms with Gasteiger partial charge in [0.15, 0.2) is 17.3 Å². The van der Waals surface area contributed by atoms with Crippen molar-refractivity contribution in [2.75, 3.05) is 19.9 Å². The van der Waals surface area contributed by atoms with Crippen LogP contribution in [0.3, 0.4) is 0 Å². The molecule has 1 saturated heterocycles. The summed E-state index contributed by atoms with van der Waals surface area (Å²) in [5.74, 6) is 3.15. The predicted molar refractivity (Wildman–Crippen MR) is 111 cm³/mol. The molecule has 8 heteroatoms. The van der Waals surface area contributed by atoms with Gasteiger partial charge in [-0.2, -0.15) is 4.98 Å². The fourth-order valence-electron chi connectivity index (χ4n) is 3.78. The van der Waals surface area contributed by atoms with E-state index in [0.29, 0.717) is 49.3 Å². The standard InChI is InChI=1S/C23H23N3O5/c1-2-9-28-18-6-3-15(4-7-18)12-26-13-17(11-21(26)27)22-24-23(31-25-22)16-5-8-19-20(10-16)30-14-29-19/h3-8,10,17H,2,9,11-14H2,1H3. The maximum atomic E-state index is 12.6. The predicted octanol–water partition coefficient (Wildman–Crippen LogP) is 3.77. The van der Waals surface area contributed by atoms with Crippen LogP contribution >= 0.6 is 0 Å². The Bertz CT molecular complexity index is 1080. The van der Waals surface area contributed by atoms with Gasteiger partial charge in [-0.05, 0) is 42.3 Å². The summed E-state index contributed by atoms with van der Waals surface area (Å²) < 4.78 is 21.8. The average Bonchev–Trinajstić information content (AvgIpc) is 3.53. The molecular weight excluding hydrogens is 398 g/mol. The second-order valence-electron chi connectivity index (χ2n) is 7.69. The van der Waals surface area contributed by atoms with E-state index in [2.05, 4.69) is 17.1 Å². The van der Waals surface area contributed by atoms with Crippen LogP contribution in [0.15, 0.2) is 47.0 Å². The van der Waals surface area contributed by atoms with Gasteiger partial charge in [-0.25, -0.2) is 0 Å². The van der Waals surface area contributed by atoms with Crippen LogP contribution in [-0.4, -0.2) is 40.9 Å². The second kappa shape index (κ2) is 8.29. The molecule has 3 heterocycles. The Kier molecular flexibility index (Phi) is 5.19. The van der Waals surface area contributed by atoms with E-state index in [1.165, 1.54) is 0 Å². The van der Waals surface area contributed by atoms with Crippen LogP contribution in [0.25, 0.3) is 11.5 Å². The van der Waals surface area contributed by atoms with Gasteiger partial charge in [-0.1, -0.05) is 24.2 Å². The molecular formula is C23H23N3O5. The zero-order valence-corrected chi connectivity index (χ0v) is 17.2. The SMILES string of the molecule is CCCOc1ccc(CN2CC(c3noc(-c4ccc5c(c4)OCO5)n3)CC2=O)cc1. The van der Waals surface area contributed by atoms with Crippen LogP contribution < -0.4 is 14.2 Å². The molecule has 1 aromatic heterocycles. The highest BCUT2D eigenvalue weighted by Crippen LogP contribution is 2.36. The molecule has 0 bridgehead atoms. The fourth-order valence-corrected chi connectivity index (χ4v) is 3.78. The quantitative estimate of drug-likeness (QED) is 0.574. The lowest BCUT2D eigenvalue weighted by molar-refractivity contribution is -0.128. The number of carbonyl (C=O) groups is 1. The number of benzene rings is 2. The molecule has 0 N–H and O–H groups in total. The summed E-state index contributed by atoms with van der Waals surface area (Å²) in [7, 11) is 0. The molecule has 3 aromatic rings. The molecule has 0 spiro atoms. The molecule has 1 fully saturated rings. The number of carbonyl (C=O) groups excluding carboxylic acids is 1. The third kappa shape index (κ3) is 4.05. The molecule has 1 amide bonds. The number of amides is 1. The number of ether oxygens (including phenoxy) is 3. The van der Waals surface area contributed by atoms with Gasteiger partial charge in [0, 0.05) is 31.0 Å². The summed E-state index contributed by atoms with van der Waals surface area (Å²) in [6.45, 7) is 4.10. The number of hydrogen-bond acceptors (Lipinski definition) is 7. The number of aromatic nitrogens is 2. The fraction of sp³-hybridized carbons (Fsp3) is 0.348. The van der Waals surface area contributed by atoms with E-state index >= 15 is 0 Å². The lowest BCUT2D eigenvalue weighted by atomic mass is 10.1. The van der Waals surface area contributed by atoms with Crippen LogP contribution in [0, 0.1) is 0 Å². The van der Waals surface area contributed by atoms with Gasteiger partial charge in [0.05, 0.1) is 6.61 Å². The maximum absolute atomic E-state index is 12.6. The summed E-state index contributed by atoms with van der Waals surface area (Å²) in [5, 5.41) is 4.13. The van der Waals surface area contributed by atoms with Gasteiger partial charge >= 0.3 is 0 Å². The molecule has 0 aliphatic carbocycles. The minimum absolute atomic E-state index is 0.0886. The molecule has 31 heavy (non-hydrogen) atoms. The molecule has 1 unspecified atom stereocenters. The molecule has 160 valence electrons. The normalized spacial score (nSPS) is 17.4. The number of rotatable bonds is 7. The van der Waals surface area contributed by atoms with Gasteiger partial charge in [0.2, 0.25) is 12.7 Å². The molecule has 8 nitrogen and oxygen atoms in total. The summed E-state index contributed by atoms with van der Waals surface area (Å²) in [4.78, 5) is 18.9.